The summed E-state index contributed by atoms with van der Waals surface area (Å²) in [5, 5.41) is 0. The highest BCUT2D eigenvalue weighted by Gasteiger charge is 1.97. The summed E-state index contributed by atoms with van der Waals surface area (Å²) in [5.41, 5.74) is 1.52. The summed E-state index contributed by atoms with van der Waals surface area (Å²) >= 11 is 0. The maximum absolute atomic E-state index is 12.9. The summed E-state index contributed by atoms with van der Waals surface area (Å²) < 4.78 is 17.7. The minimum Gasteiger partial charge on any atom is -0.452 e. The van der Waals surface area contributed by atoms with Gasteiger partial charge in [-0.2, -0.15) is 0 Å². The Morgan fingerprint density at radius 2 is 2.25 bits per heavy atom. The fourth-order valence-corrected chi connectivity index (χ4v) is 1.08. The topological polar surface area (TPSA) is 26.3 Å². The number of carbonyl (C=O) groups is 1. The predicted octanol–water partition coefficient (Wildman–Crippen LogP) is 2.44. The SMILES string of the molecule is CCC(=O)OCC#Cc1cc(F)ccc1C. The van der Waals surface area contributed by atoms with Crippen LogP contribution in [0.3, 0.4) is 0 Å². The van der Waals surface area contributed by atoms with E-state index in [1.807, 2.05) is 6.92 Å². The molecule has 1 rings (SSSR count). The lowest BCUT2D eigenvalue weighted by atomic mass is 10.1. The Hall–Kier alpha value is -1.82. The summed E-state index contributed by atoms with van der Waals surface area (Å²) in [6.45, 7) is 3.61. The number of ether oxygens (including phenoxy) is 1. The molecule has 0 atom stereocenters. The molecule has 1 aromatic rings. The van der Waals surface area contributed by atoms with Crippen LogP contribution in [0.25, 0.3) is 0 Å². The number of aryl methyl sites for hydroxylation is 1. The number of esters is 1. The summed E-state index contributed by atoms with van der Waals surface area (Å²) in [4.78, 5) is 10.8. The van der Waals surface area contributed by atoms with Gasteiger partial charge in [0, 0.05) is 12.0 Å². The number of carbonyl (C=O) groups excluding carboxylic acids is 1. The van der Waals surface area contributed by atoms with Gasteiger partial charge in [-0.1, -0.05) is 24.8 Å². The van der Waals surface area contributed by atoms with Crippen LogP contribution in [0.15, 0.2) is 18.2 Å². The molecule has 3 heteroatoms. The lowest BCUT2D eigenvalue weighted by molar-refractivity contribution is -0.141. The molecular weight excluding hydrogens is 207 g/mol. The number of hydrogen-bond donors (Lipinski definition) is 0. The highest BCUT2D eigenvalue weighted by atomic mass is 19.1. The van der Waals surface area contributed by atoms with Crippen molar-refractivity contribution in [2.24, 2.45) is 0 Å². The molecule has 0 aromatic heterocycles. The second-order valence-electron chi connectivity index (χ2n) is 3.28. The second-order valence-corrected chi connectivity index (χ2v) is 3.28. The van der Waals surface area contributed by atoms with Crippen molar-refractivity contribution >= 4 is 5.97 Å². The zero-order chi connectivity index (χ0) is 12.0. The van der Waals surface area contributed by atoms with Gasteiger partial charge in [-0.3, -0.25) is 4.79 Å². The summed E-state index contributed by atoms with van der Waals surface area (Å²) in [6, 6.07) is 4.42. The summed E-state index contributed by atoms with van der Waals surface area (Å²) in [7, 11) is 0. The van der Waals surface area contributed by atoms with Crippen LogP contribution in [-0.4, -0.2) is 12.6 Å². The zero-order valence-corrected chi connectivity index (χ0v) is 9.34. The first kappa shape index (κ1) is 12.3. The molecule has 0 saturated carbocycles. The van der Waals surface area contributed by atoms with E-state index in [2.05, 4.69) is 11.8 Å². The quantitative estimate of drug-likeness (QED) is 0.565. The lowest BCUT2D eigenvalue weighted by Gasteiger charge is -1.98. The maximum Gasteiger partial charge on any atom is 0.306 e. The number of hydrogen-bond acceptors (Lipinski definition) is 2. The first-order chi connectivity index (χ1) is 7.63. The molecule has 0 saturated heterocycles. The van der Waals surface area contributed by atoms with Gasteiger partial charge in [0.2, 0.25) is 0 Å². The van der Waals surface area contributed by atoms with Crippen LogP contribution in [0.1, 0.15) is 24.5 Å². The van der Waals surface area contributed by atoms with Crippen molar-refractivity contribution in [3.63, 3.8) is 0 Å². The Labute approximate surface area is 94.4 Å². The van der Waals surface area contributed by atoms with Gasteiger partial charge in [0.25, 0.3) is 0 Å². The maximum atomic E-state index is 12.9. The summed E-state index contributed by atoms with van der Waals surface area (Å²) in [5.74, 6) is 4.84. The first-order valence-electron chi connectivity index (χ1n) is 5.04. The van der Waals surface area contributed by atoms with Crippen molar-refractivity contribution in [2.45, 2.75) is 20.3 Å². The van der Waals surface area contributed by atoms with Gasteiger partial charge in [0.15, 0.2) is 6.61 Å². The van der Waals surface area contributed by atoms with Gasteiger partial charge in [0.05, 0.1) is 0 Å². The van der Waals surface area contributed by atoms with Crippen molar-refractivity contribution in [2.75, 3.05) is 6.61 Å². The van der Waals surface area contributed by atoms with E-state index in [1.54, 1.807) is 13.0 Å². The average molecular weight is 220 g/mol. The normalized spacial score (nSPS) is 9.19. The minimum absolute atomic E-state index is 0.0443. The van der Waals surface area contributed by atoms with Gasteiger partial charge >= 0.3 is 5.97 Å². The fraction of sp³-hybridized carbons (Fsp3) is 0.308. The third-order valence-corrected chi connectivity index (χ3v) is 2.02. The molecular formula is C13H13FO2. The van der Waals surface area contributed by atoms with Crippen LogP contribution in [0.2, 0.25) is 0 Å². The highest BCUT2D eigenvalue weighted by molar-refractivity contribution is 5.69. The average Bonchev–Trinajstić information content (AvgIpc) is 2.28. The van der Waals surface area contributed by atoms with E-state index in [-0.39, 0.29) is 18.4 Å². The van der Waals surface area contributed by atoms with E-state index >= 15 is 0 Å². The largest absolute Gasteiger partial charge is 0.452 e. The van der Waals surface area contributed by atoms with Crippen LogP contribution in [0, 0.1) is 24.6 Å². The summed E-state index contributed by atoms with van der Waals surface area (Å²) in [6.07, 6.45) is 0.334. The zero-order valence-electron chi connectivity index (χ0n) is 9.34. The standard InChI is InChI=1S/C13H13FO2/c1-3-13(15)16-8-4-5-11-9-12(14)7-6-10(11)2/h6-7,9H,3,8H2,1-2H3. The fourth-order valence-electron chi connectivity index (χ4n) is 1.08. The van der Waals surface area contributed by atoms with Crippen molar-refractivity contribution in [1.82, 2.24) is 0 Å². The van der Waals surface area contributed by atoms with E-state index in [0.717, 1.165) is 5.56 Å². The van der Waals surface area contributed by atoms with Crippen molar-refractivity contribution in [3.8, 4) is 11.8 Å². The monoisotopic (exact) mass is 220 g/mol. The molecule has 0 aliphatic carbocycles. The van der Waals surface area contributed by atoms with Crippen molar-refractivity contribution < 1.29 is 13.9 Å². The third-order valence-electron chi connectivity index (χ3n) is 2.02. The molecule has 0 aliphatic rings. The molecule has 0 unspecified atom stereocenters. The third kappa shape index (κ3) is 3.74. The second kappa shape index (κ2) is 5.92. The lowest BCUT2D eigenvalue weighted by Crippen LogP contribution is -2.01. The van der Waals surface area contributed by atoms with E-state index < -0.39 is 0 Å². The number of rotatable bonds is 2. The number of halogens is 1. The Morgan fingerprint density at radius 1 is 1.50 bits per heavy atom. The molecule has 0 aliphatic heterocycles. The number of benzene rings is 1. The molecule has 0 spiro atoms. The van der Waals surface area contributed by atoms with Crippen LogP contribution in [0.5, 0.6) is 0 Å². The van der Waals surface area contributed by atoms with Crippen LogP contribution >= 0.6 is 0 Å². The van der Waals surface area contributed by atoms with Gasteiger partial charge in [-0.05, 0) is 24.6 Å². The van der Waals surface area contributed by atoms with E-state index in [4.69, 9.17) is 4.74 Å². The molecule has 84 valence electrons. The Balaban J connectivity index is 2.62. The van der Waals surface area contributed by atoms with E-state index in [1.165, 1.54) is 12.1 Å². The molecule has 0 fully saturated rings. The van der Waals surface area contributed by atoms with Gasteiger partial charge in [-0.15, -0.1) is 0 Å². The van der Waals surface area contributed by atoms with Crippen molar-refractivity contribution in [3.05, 3.63) is 35.1 Å². The molecule has 0 bridgehead atoms. The first-order valence-corrected chi connectivity index (χ1v) is 5.04. The molecule has 0 radical (unpaired) electrons. The Bertz CT molecular complexity index is 441. The molecule has 0 heterocycles. The van der Waals surface area contributed by atoms with Gasteiger partial charge in [-0.25, -0.2) is 4.39 Å². The van der Waals surface area contributed by atoms with Crippen LogP contribution in [-0.2, 0) is 9.53 Å². The van der Waals surface area contributed by atoms with Crippen LogP contribution in [0.4, 0.5) is 4.39 Å². The van der Waals surface area contributed by atoms with Gasteiger partial charge < -0.3 is 4.74 Å². The molecule has 0 N–H and O–H groups in total. The van der Waals surface area contributed by atoms with E-state index in [9.17, 15) is 9.18 Å². The highest BCUT2D eigenvalue weighted by Crippen LogP contribution is 2.08. The Morgan fingerprint density at radius 3 is 2.94 bits per heavy atom. The Kier molecular flexibility index (Phi) is 4.53. The smallest absolute Gasteiger partial charge is 0.306 e. The molecule has 0 amide bonds. The van der Waals surface area contributed by atoms with Crippen LogP contribution < -0.4 is 0 Å². The van der Waals surface area contributed by atoms with Gasteiger partial charge in [0.1, 0.15) is 5.82 Å². The molecule has 1 aromatic carbocycles. The minimum atomic E-state index is -0.319. The van der Waals surface area contributed by atoms with Crippen molar-refractivity contribution in [1.29, 1.82) is 0 Å². The predicted molar refractivity (Wildman–Crippen MR) is 59.3 cm³/mol. The van der Waals surface area contributed by atoms with E-state index in [0.29, 0.717) is 12.0 Å². The molecule has 2 nitrogen and oxygen atoms in total. The molecule has 16 heavy (non-hydrogen) atoms.